The number of methoxy groups -OCH3 is 1. The second kappa shape index (κ2) is 12.7. The molecule has 0 bridgehead atoms. The van der Waals surface area contributed by atoms with E-state index in [1.807, 2.05) is 30.3 Å². The summed E-state index contributed by atoms with van der Waals surface area (Å²) in [6.45, 7) is 7.16. The van der Waals surface area contributed by atoms with Gasteiger partial charge in [0.2, 0.25) is 0 Å². The number of hydrogen-bond donors (Lipinski definition) is 1. The number of ether oxygens (including phenoxy) is 1. The van der Waals surface area contributed by atoms with E-state index in [0.717, 1.165) is 74.6 Å². The molecule has 0 amide bonds. The van der Waals surface area contributed by atoms with Crippen molar-refractivity contribution in [1.29, 1.82) is 0 Å². The third kappa shape index (κ3) is 6.85. The minimum Gasteiger partial charge on any atom is -0.504 e. The molecule has 2 aliphatic rings. The van der Waals surface area contributed by atoms with Gasteiger partial charge in [-0.1, -0.05) is 36.4 Å². The van der Waals surface area contributed by atoms with E-state index < -0.39 is 0 Å². The van der Waals surface area contributed by atoms with Crippen LogP contribution in [0.5, 0.6) is 11.5 Å². The van der Waals surface area contributed by atoms with Gasteiger partial charge in [-0.2, -0.15) is 0 Å². The van der Waals surface area contributed by atoms with Crippen molar-refractivity contribution in [3.8, 4) is 11.5 Å². The van der Waals surface area contributed by atoms with Crippen LogP contribution in [0.25, 0.3) is 6.08 Å². The maximum Gasteiger partial charge on any atom is 0.162 e. The molecular formula is C32H37F2N3O2. The number of likely N-dealkylation sites (tertiary alicyclic amines) is 1. The lowest BCUT2D eigenvalue weighted by Crippen LogP contribution is -2.47. The van der Waals surface area contributed by atoms with Crippen LogP contribution in [0.3, 0.4) is 0 Å². The minimum atomic E-state index is -0.261. The van der Waals surface area contributed by atoms with Gasteiger partial charge in [0.05, 0.1) is 13.2 Å². The van der Waals surface area contributed by atoms with Crippen LogP contribution < -0.4 is 4.74 Å². The zero-order valence-corrected chi connectivity index (χ0v) is 22.5. The van der Waals surface area contributed by atoms with E-state index in [2.05, 4.69) is 32.9 Å². The summed E-state index contributed by atoms with van der Waals surface area (Å²) in [4.78, 5) is 7.16. The largest absolute Gasteiger partial charge is 0.504 e. The molecule has 39 heavy (non-hydrogen) atoms. The van der Waals surface area contributed by atoms with Gasteiger partial charge in [-0.05, 0) is 79.0 Å². The van der Waals surface area contributed by atoms with Crippen molar-refractivity contribution in [3.63, 3.8) is 0 Å². The standard InChI is InChI=1S/C32H37F2N3O2/c1-39-30-22-24(21-27(32(30)38)23-36-14-2-3-15-36)5-4-16-35-17-19-37(20-18-35)31(25-6-10-28(33)11-7-25)26-8-12-29(34)13-9-26/h4-13,21-22,31,38H,2-3,14-20,23H2,1H3. The third-order valence-electron chi connectivity index (χ3n) is 7.81. The van der Waals surface area contributed by atoms with Gasteiger partial charge in [-0.15, -0.1) is 0 Å². The average molecular weight is 534 g/mol. The Morgan fingerprint density at radius 3 is 1.97 bits per heavy atom. The first-order chi connectivity index (χ1) is 19.0. The molecule has 0 aromatic heterocycles. The molecule has 0 radical (unpaired) electrons. The molecule has 0 atom stereocenters. The van der Waals surface area contributed by atoms with Crippen LogP contribution in [0.2, 0.25) is 0 Å². The minimum absolute atomic E-state index is 0.0534. The van der Waals surface area contributed by atoms with Crippen LogP contribution >= 0.6 is 0 Å². The number of hydrogen-bond acceptors (Lipinski definition) is 5. The molecule has 0 unspecified atom stereocenters. The lowest BCUT2D eigenvalue weighted by molar-refractivity contribution is 0.118. The zero-order valence-electron chi connectivity index (χ0n) is 22.5. The van der Waals surface area contributed by atoms with Crippen LogP contribution in [0.1, 0.15) is 41.1 Å². The van der Waals surface area contributed by atoms with E-state index in [4.69, 9.17) is 4.74 Å². The van der Waals surface area contributed by atoms with Crippen molar-refractivity contribution >= 4 is 6.08 Å². The maximum atomic E-state index is 13.6. The van der Waals surface area contributed by atoms with Gasteiger partial charge in [-0.3, -0.25) is 14.7 Å². The number of halogens is 2. The van der Waals surface area contributed by atoms with Crippen molar-refractivity contribution in [3.05, 3.63) is 101 Å². The fourth-order valence-corrected chi connectivity index (χ4v) is 5.69. The lowest BCUT2D eigenvalue weighted by atomic mass is 9.96. The number of phenols is 1. The summed E-state index contributed by atoms with van der Waals surface area (Å²) in [7, 11) is 1.59. The van der Waals surface area contributed by atoms with Crippen LogP contribution in [0.15, 0.2) is 66.7 Å². The molecule has 1 N–H and O–H groups in total. The molecular weight excluding hydrogens is 496 g/mol. The van der Waals surface area contributed by atoms with E-state index in [1.54, 1.807) is 7.11 Å². The van der Waals surface area contributed by atoms with Crippen molar-refractivity contribution < 1.29 is 18.6 Å². The second-order valence-electron chi connectivity index (χ2n) is 10.5. The Balaban J connectivity index is 1.22. The maximum absolute atomic E-state index is 13.6. The molecule has 5 rings (SSSR count). The van der Waals surface area contributed by atoms with Gasteiger partial charge in [-0.25, -0.2) is 8.78 Å². The Hall–Kier alpha value is -3.26. The highest BCUT2D eigenvalue weighted by molar-refractivity contribution is 5.59. The van der Waals surface area contributed by atoms with Crippen LogP contribution in [-0.2, 0) is 6.54 Å². The van der Waals surface area contributed by atoms with Crippen LogP contribution in [0, 0.1) is 11.6 Å². The van der Waals surface area contributed by atoms with Gasteiger partial charge in [0.25, 0.3) is 0 Å². The van der Waals surface area contributed by atoms with Gasteiger partial charge < -0.3 is 9.84 Å². The van der Waals surface area contributed by atoms with Crippen molar-refractivity contribution in [2.24, 2.45) is 0 Å². The number of nitrogens with zero attached hydrogens (tertiary/aromatic N) is 3. The van der Waals surface area contributed by atoms with E-state index in [-0.39, 0.29) is 23.4 Å². The fourth-order valence-electron chi connectivity index (χ4n) is 5.69. The number of aromatic hydroxyl groups is 1. The van der Waals surface area contributed by atoms with Crippen molar-refractivity contribution in [2.45, 2.75) is 25.4 Å². The molecule has 7 heteroatoms. The molecule has 2 saturated heterocycles. The van der Waals surface area contributed by atoms with Crippen LogP contribution in [0.4, 0.5) is 8.78 Å². The molecule has 0 saturated carbocycles. The molecule has 2 fully saturated rings. The molecule has 3 aromatic rings. The average Bonchev–Trinajstić information content (AvgIpc) is 3.46. The molecule has 3 aromatic carbocycles. The van der Waals surface area contributed by atoms with Gasteiger partial charge in [0, 0.05) is 44.8 Å². The summed E-state index contributed by atoms with van der Waals surface area (Å²) in [5.41, 5.74) is 3.92. The number of benzene rings is 3. The van der Waals surface area contributed by atoms with Gasteiger partial charge in [0.15, 0.2) is 11.5 Å². The smallest absolute Gasteiger partial charge is 0.162 e. The lowest BCUT2D eigenvalue weighted by Gasteiger charge is -2.39. The number of piperazine rings is 1. The molecule has 2 heterocycles. The van der Waals surface area contributed by atoms with Crippen molar-refractivity contribution in [1.82, 2.24) is 14.7 Å². The first-order valence-electron chi connectivity index (χ1n) is 13.8. The summed E-state index contributed by atoms with van der Waals surface area (Å²) >= 11 is 0. The monoisotopic (exact) mass is 533 g/mol. The predicted octanol–water partition coefficient (Wildman–Crippen LogP) is 5.70. The van der Waals surface area contributed by atoms with E-state index in [9.17, 15) is 13.9 Å². The molecule has 0 spiro atoms. The zero-order chi connectivity index (χ0) is 27.2. The summed E-state index contributed by atoms with van der Waals surface area (Å²) < 4.78 is 32.7. The summed E-state index contributed by atoms with van der Waals surface area (Å²) in [6, 6.07) is 17.1. The third-order valence-corrected chi connectivity index (χ3v) is 7.81. The Labute approximate surface area is 229 Å². The van der Waals surface area contributed by atoms with Gasteiger partial charge in [0.1, 0.15) is 11.6 Å². The predicted molar refractivity (Wildman–Crippen MR) is 151 cm³/mol. The Morgan fingerprint density at radius 2 is 1.41 bits per heavy atom. The quantitative estimate of drug-likeness (QED) is 0.382. The Morgan fingerprint density at radius 1 is 0.821 bits per heavy atom. The normalized spacial score (nSPS) is 17.4. The van der Waals surface area contributed by atoms with E-state index >= 15 is 0 Å². The molecule has 206 valence electrons. The van der Waals surface area contributed by atoms with E-state index in [1.165, 1.54) is 37.1 Å². The molecule has 5 nitrogen and oxygen atoms in total. The fraction of sp³-hybridized carbons (Fsp3) is 0.375. The summed E-state index contributed by atoms with van der Waals surface area (Å²) in [5.74, 6) is 0.215. The highest BCUT2D eigenvalue weighted by atomic mass is 19.1. The van der Waals surface area contributed by atoms with Gasteiger partial charge >= 0.3 is 0 Å². The Bertz CT molecular complexity index is 1200. The van der Waals surface area contributed by atoms with E-state index in [0.29, 0.717) is 5.75 Å². The molecule has 2 aliphatic heterocycles. The summed E-state index contributed by atoms with van der Waals surface area (Å²) in [6.07, 6.45) is 6.68. The summed E-state index contributed by atoms with van der Waals surface area (Å²) in [5, 5.41) is 10.6. The Kier molecular flexibility index (Phi) is 8.91. The second-order valence-corrected chi connectivity index (χ2v) is 10.5. The van der Waals surface area contributed by atoms with Crippen LogP contribution in [-0.4, -0.2) is 72.7 Å². The number of rotatable bonds is 9. The molecule has 0 aliphatic carbocycles. The first-order valence-corrected chi connectivity index (χ1v) is 13.8. The van der Waals surface area contributed by atoms with Crippen molar-refractivity contribution in [2.75, 3.05) is 52.9 Å². The topological polar surface area (TPSA) is 39.2 Å². The highest BCUT2D eigenvalue weighted by Gasteiger charge is 2.26. The number of phenolic OH excluding ortho intramolecular Hbond substituents is 1. The SMILES string of the molecule is COc1cc(C=CCN2CCN(C(c3ccc(F)cc3)c3ccc(F)cc3)CC2)cc(CN2CCCC2)c1O. The highest BCUT2D eigenvalue weighted by Crippen LogP contribution is 2.34. The first kappa shape index (κ1) is 27.3.